The number of benzene rings is 1. The lowest BCUT2D eigenvalue weighted by Crippen LogP contribution is -2.30. The van der Waals surface area contributed by atoms with Gasteiger partial charge in [-0.25, -0.2) is 8.78 Å². The molecule has 0 bridgehead atoms. The molecule has 0 aliphatic rings. The third-order valence-corrected chi connectivity index (χ3v) is 2.73. The van der Waals surface area contributed by atoms with Crippen LogP contribution in [-0.4, -0.2) is 25.6 Å². The van der Waals surface area contributed by atoms with Crippen LogP contribution < -0.4 is 5.32 Å². The van der Waals surface area contributed by atoms with Crippen LogP contribution in [0.15, 0.2) is 24.3 Å². The molecule has 0 spiro atoms. The highest BCUT2D eigenvalue weighted by Gasteiger charge is 2.17. The monoisotopic (exact) mass is 277 g/mol. The normalized spacial score (nSPS) is 13.3. The zero-order valence-corrected chi connectivity index (χ0v) is 11.3. The lowest BCUT2D eigenvalue weighted by atomic mass is 10.1. The van der Waals surface area contributed by atoms with Crippen molar-refractivity contribution in [2.24, 2.45) is 0 Å². The van der Waals surface area contributed by atoms with Crippen LogP contribution in [0.1, 0.15) is 25.5 Å². The molecule has 1 N–H and O–H groups in total. The summed E-state index contributed by atoms with van der Waals surface area (Å²) in [6.07, 6.45) is -2.94. The molecule has 102 valence electrons. The molecule has 0 aromatic heterocycles. The van der Waals surface area contributed by atoms with Crippen molar-refractivity contribution in [2.45, 2.75) is 32.4 Å². The van der Waals surface area contributed by atoms with Crippen molar-refractivity contribution >= 4 is 11.6 Å². The average molecular weight is 278 g/mol. The Balaban J connectivity index is 2.73. The minimum Gasteiger partial charge on any atom is -0.366 e. The first kappa shape index (κ1) is 15.3. The Hall–Kier alpha value is -0.710. The molecule has 0 fully saturated rings. The summed E-state index contributed by atoms with van der Waals surface area (Å²) in [7, 11) is 0. The highest BCUT2D eigenvalue weighted by atomic mass is 35.5. The van der Waals surface area contributed by atoms with E-state index in [1.165, 1.54) is 0 Å². The zero-order chi connectivity index (χ0) is 13.5. The molecule has 5 heteroatoms. The maximum atomic E-state index is 12.2. The van der Waals surface area contributed by atoms with Crippen LogP contribution in [0.2, 0.25) is 5.02 Å². The summed E-state index contributed by atoms with van der Waals surface area (Å²) in [6.45, 7) is 3.83. The summed E-state index contributed by atoms with van der Waals surface area (Å²) in [5, 5.41) is 3.70. The molecule has 2 nitrogen and oxygen atoms in total. The van der Waals surface area contributed by atoms with Gasteiger partial charge in [-0.15, -0.1) is 0 Å². The third kappa shape index (κ3) is 5.29. The molecule has 0 saturated carbocycles. The van der Waals surface area contributed by atoms with Gasteiger partial charge in [0.2, 0.25) is 0 Å². The second-order valence-corrected chi connectivity index (χ2v) is 4.70. The summed E-state index contributed by atoms with van der Waals surface area (Å²) >= 11 is 6.05. The van der Waals surface area contributed by atoms with Gasteiger partial charge in [-0.1, -0.05) is 43.6 Å². The molecule has 0 aliphatic carbocycles. The average Bonchev–Trinajstić information content (AvgIpc) is 2.30. The van der Waals surface area contributed by atoms with Gasteiger partial charge in [-0.05, 0) is 6.07 Å². The number of rotatable bonds is 7. The summed E-state index contributed by atoms with van der Waals surface area (Å²) in [5.74, 6) is 0. The number of alkyl halides is 2. The quantitative estimate of drug-likeness (QED) is 0.821. The van der Waals surface area contributed by atoms with Gasteiger partial charge in [-0.3, -0.25) is 0 Å². The predicted molar refractivity (Wildman–Crippen MR) is 69.3 cm³/mol. The smallest absolute Gasteiger partial charge is 0.261 e. The summed E-state index contributed by atoms with van der Waals surface area (Å²) in [5.41, 5.74) is 0.730. The summed E-state index contributed by atoms with van der Waals surface area (Å²) in [6, 6.07) is 7.39. The van der Waals surface area contributed by atoms with Gasteiger partial charge >= 0.3 is 0 Å². The van der Waals surface area contributed by atoms with Crippen LogP contribution in [0, 0.1) is 0 Å². The lowest BCUT2D eigenvalue weighted by Gasteiger charge is -2.21. The van der Waals surface area contributed by atoms with Gasteiger partial charge in [0.1, 0.15) is 6.61 Å². The maximum absolute atomic E-state index is 12.2. The molecule has 0 aliphatic heterocycles. The molecular weight excluding hydrogens is 260 g/mol. The highest BCUT2D eigenvalue weighted by Crippen LogP contribution is 2.25. The van der Waals surface area contributed by atoms with E-state index in [9.17, 15) is 8.78 Å². The molecule has 1 rings (SSSR count). The first-order valence-corrected chi connectivity index (χ1v) is 6.26. The van der Waals surface area contributed by atoms with Crippen molar-refractivity contribution < 1.29 is 13.5 Å². The maximum Gasteiger partial charge on any atom is 0.261 e. The van der Waals surface area contributed by atoms with Gasteiger partial charge in [-0.2, -0.15) is 0 Å². The number of hydrogen-bond donors (Lipinski definition) is 1. The zero-order valence-electron chi connectivity index (χ0n) is 10.5. The van der Waals surface area contributed by atoms with E-state index in [2.05, 4.69) is 5.32 Å². The Morgan fingerprint density at radius 2 is 1.94 bits per heavy atom. The third-order valence-electron chi connectivity index (χ3n) is 2.39. The van der Waals surface area contributed by atoms with Crippen molar-refractivity contribution in [3.63, 3.8) is 0 Å². The Labute approximate surface area is 111 Å². The largest absolute Gasteiger partial charge is 0.366 e. The molecule has 1 aromatic rings. The van der Waals surface area contributed by atoms with Crippen molar-refractivity contribution in [3.8, 4) is 0 Å². The fraction of sp³-hybridized carbons (Fsp3) is 0.538. The Morgan fingerprint density at radius 1 is 1.28 bits per heavy atom. The lowest BCUT2D eigenvalue weighted by molar-refractivity contribution is -0.0251. The topological polar surface area (TPSA) is 21.3 Å². The van der Waals surface area contributed by atoms with E-state index in [4.69, 9.17) is 16.3 Å². The van der Waals surface area contributed by atoms with E-state index < -0.39 is 19.1 Å². The highest BCUT2D eigenvalue weighted by molar-refractivity contribution is 6.31. The predicted octanol–water partition coefficient (Wildman–Crippen LogP) is 3.66. The van der Waals surface area contributed by atoms with E-state index >= 15 is 0 Å². The fourth-order valence-corrected chi connectivity index (χ4v) is 1.78. The second kappa shape index (κ2) is 7.67. The molecule has 1 atom stereocenters. The molecule has 18 heavy (non-hydrogen) atoms. The minimum absolute atomic E-state index is 0.255. The van der Waals surface area contributed by atoms with Crippen LogP contribution in [0.25, 0.3) is 0 Å². The van der Waals surface area contributed by atoms with Crippen LogP contribution in [-0.2, 0) is 4.74 Å². The van der Waals surface area contributed by atoms with Crippen molar-refractivity contribution in [1.29, 1.82) is 0 Å². The molecule has 0 saturated heterocycles. The second-order valence-electron chi connectivity index (χ2n) is 4.30. The fourth-order valence-electron chi connectivity index (χ4n) is 1.53. The number of ether oxygens (including phenoxy) is 1. The first-order chi connectivity index (χ1) is 8.50. The van der Waals surface area contributed by atoms with Crippen LogP contribution in [0.5, 0.6) is 0 Å². The van der Waals surface area contributed by atoms with E-state index in [1.54, 1.807) is 18.2 Å². The Bertz CT molecular complexity index is 349. The van der Waals surface area contributed by atoms with Gasteiger partial charge in [0.15, 0.2) is 0 Å². The minimum atomic E-state index is -2.48. The van der Waals surface area contributed by atoms with Gasteiger partial charge in [0.05, 0.1) is 6.10 Å². The van der Waals surface area contributed by atoms with Crippen LogP contribution in [0.4, 0.5) is 8.78 Å². The Morgan fingerprint density at radius 3 is 2.50 bits per heavy atom. The molecule has 0 amide bonds. The Kier molecular flexibility index (Phi) is 6.54. The molecular formula is C13H18ClF2NO. The molecule has 0 radical (unpaired) electrons. The number of halogens is 3. The van der Waals surface area contributed by atoms with E-state index in [-0.39, 0.29) is 6.04 Å². The molecule has 1 aromatic carbocycles. The van der Waals surface area contributed by atoms with Crippen molar-refractivity contribution in [2.75, 3.05) is 13.2 Å². The summed E-state index contributed by atoms with van der Waals surface area (Å²) < 4.78 is 29.7. The van der Waals surface area contributed by atoms with Crippen LogP contribution in [0.3, 0.4) is 0 Å². The van der Waals surface area contributed by atoms with E-state index in [0.717, 1.165) is 5.56 Å². The van der Waals surface area contributed by atoms with E-state index in [0.29, 0.717) is 11.6 Å². The SMILES string of the molecule is CC(C)NCC(OCC(F)F)c1ccccc1Cl. The standard InChI is InChI=1S/C13H18ClF2NO/c1-9(2)17-7-12(18-8-13(15)16)10-5-3-4-6-11(10)14/h3-6,9,12-13,17H,7-8H2,1-2H3. The molecule has 0 heterocycles. The van der Waals surface area contributed by atoms with Gasteiger partial charge in [0, 0.05) is 23.2 Å². The number of nitrogens with one attached hydrogen (secondary N) is 1. The van der Waals surface area contributed by atoms with E-state index in [1.807, 2.05) is 19.9 Å². The van der Waals surface area contributed by atoms with Gasteiger partial charge < -0.3 is 10.1 Å². The van der Waals surface area contributed by atoms with Crippen LogP contribution >= 0.6 is 11.6 Å². The summed E-state index contributed by atoms with van der Waals surface area (Å²) in [4.78, 5) is 0. The number of hydrogen-bond acceptors (Lipinski definition) is 2. The van der Waals surface area contributed by atoms with Crippen molar-refractivity contribution in [3.05, 3.63) is 34.9 Å². The first-order valence-electron chi connectivity index (χ1n) is 5.88. The van der Waals surface area contributed by atoms with Gasteiger partial charge in [0.25, 0.3) is 6.43 Å². The molecule has 1 unspecified atom stereocenters. The van der Waals surface area contributed by atoms with Crippen molar-refractivity contribution in [1.82, 2.24) is 5.32 Å².